The molecule has 0 fully saturated rings. The number of rotatable bonds is 9. The first-order chi connectivity index (χ1) is 14.1. The van der Waals surface area contributed by atoms with Gasteiger partial charge in [0.05, 0.1) is 24.9 Å². The molecule has 3 aromatic rings. The maximum atomic E-state index is 11.3. The van der Waals surface area contributed by atoms with E-state index in [1.165, 1.54) is 6.20 Å². The van der Waals surface area contributed by atoms with Crippen molar-refractivity contribution in [2.45, 2.75) is 26.1 Å². The van der Waals surface area contributed by atoms with Crippen molar-refractivity contribution in [3.63, 3.8) is 0 Å². The largest absolute Gasteiger partial charge is 0.497 e. The Bertz CT molecular complexity index is 941. The van der Waals surface area contributed by atoms with Gasteiger partial charge in [-0.15, -0.1) is 0 Å². The van der Waals surface area contributed by atoms with Crippen LogP contribution >= 0.6 is 0 Å². The maximum Gasteiger partial charge on any atom is 0.312 e. The molecule has 150 valence electrons. The Morgan fingerprint density at radius 1 is 0.966 bits per heavy atom. The lowest BCUT2D eigenvalue weighted by Crippen LogP contribution is -2.10. The van der Waals surface area contributed by atoms with Gasteiger partial charge in [-0.1, -0.05) is 42.5 Å². The molecule has 1 atom stereocenters. The molecule has 1 N–H and O–H groups in total. The van der Waals surface area contributed by atoms with Gasteiger partial charge in [0.15, 0.2) is 11.5 Å². The van der Waals surface area contributed by atoms with Crippen molar-refractivity contribution >= 4 is 5.97 Å². The minimum Gasteiger partial charge on any atom is -0.497 e. The molecule has 1 aromatic heterocycles. The Balaban J connectivity index is 1.78. The Kier molecular flexibility index (Phi) is 6.68. The lowest BCUT2D eigenvalue weighted by atomic mass is 10.1. The number of pyridine rings is 1. The molecule has 0 aliphatic rings. The molecule has 0 spiro atoms. The number of ether oxygens (including phenoxy) is 3. The molecule has 0 amide bonds. The normalized spacial score (nSPS) is 11.5. The molecule has 0 saturated heterocycles. The van der Waals surface area contributed by atoms with E-state index < -0.39 is 11.9 Å². The topological polar surface area (TPSA) is 77.9 Å². The zero-order valence-electron chi connectivity index (χ0n) is 16.4. The number of carbonyl (C=O) groups is 1. The van der Waals surface area contributed by atoms with Crippen LogP contribution in [0.5, 0.6) is 17.2 Å². The highest BCUT2D eigenvalue weighted by Crippen LogP contribution is 2.31. The molecule has 0 saturated carbocycles. The first-order valence-corrected chi connectivity index (χ1v) is 9.22. The van der Waals surface area contributed by atoms with Gasteiger partial charge in [0.2, 0.25) is 0 Å². The molecule has 1 heterocycles. The lowest BCUT2D eigenvalue weighted by molar-refractivity contribution is -0.138. The third kappa shape index (κ3) is 5.48. The number of methoxy groups -OCH3 is 1. The third-order valence-corrected chi connectivity index (χ3v) is 4.46. The molecule has 0 bridgehead atoms. The van der Waals surface area contributed by atoms with Crippen LogP contribution in [0, 0.1) is 0 Å². The number of hydrogen-bond donors (Lipinski definition) is 1. The average molecular weight is 393 g/mol. The molecule has 6 nitrogen and oxygen atoms in total. The monoisotopic (exact) mass is 393 g/mol. The zero-order chi connectivity index (χ0) is 20.6. The number of benzene rings is 2. The van der Waals surface area contributed by atoms with Crippen LogP contribution in [0.25, 0.3) is 0 Å². The first-order valence-electron chi connectivity index (χ1n) is 9.22. The summed E-state index contributed by atoms with van der Waals surface area (Å²) in [5, 5.41) is 9.28. The van der Waals surface area contributed by atoms with Crippen molar-refractivity contribution < 1.29 is 24.1 Å². The number of hydrogen-bond acceptors (Lipinski definition) is 5. The minimum absolute atomic E-state index is 0.321. The minimum atomic E-state index is -0.946. The van der Waals surface area contributed by atoms with Crippen molar-refractivity contribution in [1.29, 1.82) is 0 Å². The SMILES string of the molecule is COc1ccc(COc2cnc(C(C)C(=O)O)cc2OCc2ccccc2)cc1. The van der Waals surface area contributed by atoms with Crippen molar-refractivity contribution in [3.8, 4) is 17.2 Å². The zero-order valence-corrected chi connectivity index (χ0v) is 16.4. The number of carboxylic acids is 1. The highest BCUT2D eigenvalue weighted by atomic mass is 16.5. The summed E-state index contributed by atoms with van der Waals surface area (Å²) in [6.07, 6.45) is 1.51. The van der Waals surface area contributed by atoms with Gasteiger partial charge in [0, 0.05) is 6.07 Å². The summed E-state index contributed by atoms with van der Waals surface area (Å²) in [5.41, 5.74) is 2.37. The standard InChI is InChI=1S/C23H23NO5/c1-16(23(25)26)20-12-21(28-14-17-6-4-3-5-7-17)22(13-24-20)29-15-18-8-10-19(27-2)11-9-18/h3-13,16H,14-15H2,1-2H3,(H,25,26). The van der Waals surface area contributed by atoms with Crippen LogP contribution in [-0.2, 0) is 18.0 Å². The van der Waals surface area contributed by atoms with Gasteiger partial charge in [-0.2, -0.15) is 0 Å². The molecule has 3 rings (SSSR count). The van der Waals surface area contributed by atoms with E-state index in [4.69, 9.17) is 14.2 Å². The fraction of sp³-hybridized carbons (Fsp3) is 0.217. The van der Waals surface area contributed by atoms with Crippen molar-refractivity contribution in [1.82, 2.24) is 4.98 Å². The summed E-state index contributed by atoms with van der Waals surface area (Å²) in [6, 6.07) is 18.9. The van der Waals surface area contributed by atoms with E-state index in [0.717, 1.165) is 16.9 Å². The van der Waals surface area contributed by atoms with Gasteiger partial charge in [0.1, 0.15) is 19.0 Å². The highest BCUT2D eigenvalue weighted by molar-refractivity contribution is 5.75. The van der Waals surface area contributed by atoms with Crippen LogP contribution in [0.15, 0.2) is 66.9 Å². The summed E-state index contributed by atoms with van der Waals surface area (Å²) in [7, 11) is 1.62. The second-order valence-corrected chi connectivity index (χ2v) is 6.53. The first kappa shape index (κ1) is 20.2. The summed E-state index contributed by atoms with van der Waals surface area (Å²) >= 11 is 0. The summed E-state index contributed by atoms with van der Waals surface area (Å²) in [5.74, 6) is -0.00371. The Morgan fingerprint density at radius 3 is 2.21 bits per heavy atom. The van der Waals surface area contributed by atoms with E-state index >= 15 is 0 Å². The van der Waals surface area contributed by atoms with Crippen LogP contribution in [-0.4, -0.2) is 23.2 Å². The fourth-order valence-corrected chi connectivity index (χ4v) is 2.64. The number of aromatic nitrogens is 1. The van der Waals surface area contributed by atoms with E-state index in [9.17, 15) is 9.90 Å². The van der Waals surface area contributed by atoms with Crippen molar-refractivity contribution in [3.05, 3.63) is 83.7 Å². The van der Waals surface area contributed by atoms with Crippen LogP contribution in [0.3, 0.4) is 0 Å². The highest BCUT2D eigenvalue weighted by Gasteiger charge is 2.18. The summed E-state index contributed by atoms with van der Waals surface area (Å²) < 4.78 is 17.0. The second kappa shape index (κ2) is 9.59. The molecule has 29 heavy (non-hydrogen) atoms. The predicted molar refractivity (Wildman–Crippen MR) is 108 cm³/mol. The third-order valence-electron chi connectivity index (χ3n) is 4.46. The maximum absolute atomic E-state index is 11.3. The van der Waals surface area contributed by atoms with Crippen molar-refractivity contribution in [2.75, 3.05) is 7.11 Å². The van der Waals surface area contributed by atoms with Gasteiger partial charge in [0.25, 0.3) is 0 Å². The van der Waals surface area contributed by atoms with Gasteiger partial charge in [-0.25, -0.2) is 0 Å². The Morgan fingerprint density at radius 2 is 1.59 bits per heavy atom. The molecule has 0 radical (unpaired) electrons. The van der Waals surface area contributed by atoms with Gasteiger partial charge < -0.3 is 19.3 Å². The molecular weight excluding hydrogens is 370 g/mol. The van der Waals surface area contributed by atoms with Gasteiger partial charge >= 0.3 is 5.97 Å². The second-order valence-electron chi connectivity index (χ2n) is 6.53. The van der Waals surface area contributed by atoms with Crippen LogP contribution in [0.2, 0.25) is 0 Å². The Hall–Kier alpha value is -3.54. The van der Waals surface area contributed by atoms with Crippen LogP contribution in [0.4, 0.5) is 0 Å². The Labute approximate surface area is 169 Å². The quantitative estimate of drug-likeness (QED) is 0.579. The molecule has 0 aliphatic heterocycles. The van der Waals surface area contributed by atoms with E-state index in [2.05, 4.69) is 4.98 Å². The van der Waals surface area contributed by atoms with E-state index in [1.54, 1.807) is 20.1 Å². The van der Waals surface area contributed by atoms with E-state index in [1.807, 2.05) is 54.6 Å². The van der Waals surface area contributed by atoms with Gasteiger partial charge in [-0.3, -0.25) is 9.78 Å². The van der Waals surface area contributed by atoms with E-state index in [-0.39, 0.29) is 0 Å². The predicted octanol–water partition coefficient (Wildman–Crippen LogP) is 4.44. The fourth-order valence-electron chi connectivity index (χ4n) is 2.64. The van der Waals surface area contributed by atoms with Crippen LogP contribution in [0.1, 0.15) is 29.7 Å². The number of aliphatic carboxylic acids is 1. The summed E-state index contributed by atoms with van der Waals surface area (Å²) in [6.45, 7) is 2.25. The molecule has 6 heteroatoms. The van der Waals surface area contributed by atoms with E-state index in [0.29, 0.717) is 30.4 Å². The smallest absolute Gasteiger partial charge is 0.312 e. The molecule has 1 unspecified atom stereocenters. The molecule has 0 aliphatic carbocycles. The lowest BCUT2D eigenvalue weighted by Gasteiger charge is -2.15. The van der Waals surface area contributed by atoms with Gasteiger partial charge in [-0.05, 0) is 30.2 Å². The number of carboxylic acid groups (broad SMARTS) is 1. The van der Waals surface area contributed by atoms with Crippen LogP contribution < -0.4 is 14.2 Å². The molecule has 2 aromatic carbocycles. The average Bonchev–Trinajstić information content (AvgIpc) is 2.77. The summed E-state index contributed by atoms with van der Waals surface area (Å²) in [4.78, 5) is 15.6. The van der Waals surface area contributed by atoms with Crippen molar-refractivity contribution in [2.24, 2.45) is 0 Å². The number of nitrogens with zero attached hydrogens (tertiary/aromatic N) is 1. The molecular formula is C23H23NO5.